The van der Waals surface area contributed by atoms with E-state index in [0.717, 1.165) is 6.08 Å². The van der Waals surface area contributed by atoms with Crippen LogP contribution < -0.4 is 5.32 Å². The van der Waals surface area contributed by atoms with Crippen LogP contribution in [0, 0.1) is 0 Å². The molecule has 0 bridgehead atoms. The predicted molar refractivity (Wildman–Crippen MR) is 78.4 cm³/mol. The molecular weight excluding hydrogens is 356 g/mol. The van der Waals surface area contributed by atoms with E-state index in [2.05, 4.69) is 0 Å². The maximum absolute atomic E-state index is 12.7. The molecule has 2 aromatic rings. The van der Waals surface area contributed by atoms with E-state index >= 15 is 0 Å². The summed E-state index contributed by atoms with van der Waals surface area (Å²) >= 11 is 1.32. The van der Waals surface area contributed by atoms with Crippen LogP contribution in [0.5, 0.6) is 0 Å². The highest BCUT2D eigenvalue weighted by atomic mass is 32.1. The van der Waals surface area contributed by atoms with Crippen LogP contribution >= 0.6 is 11.3 Å². The molecule has 0 radical (unpaired) electrons. The number of carbonyl (C=O) groups is 1. The van der Waals surface area contributed by atoms with E-state index in [0.29, 0.717) is 17.0 Å². The molecule has 1 amide bonds. The molecule has 0 fully saturated rings. The second kappa shape index (κ2) is 6.68. The average Bonchev–Trinajstić information content (AvgIpc) is 2.96. The van der Waals surface area contributed by atoms with Crippen molar-refractivity contribution in [1.82, 2.24) is 0 Å². The summed E-state index contributed by atoms with van der Waals surface area (Å²) in [6, 6.07) is 4.32. The van der Waals surface area contributed by atoms with Gasteiger partial charge in [-0.1, -0.05) is 6.07 Å². The van der Waals surface area contributed by atoms with Gasteiger partial charge >= 0.3 is 12.4 Å². The van der Waals surface area contributed by atoms with Crippen molar-refractivity contribution in [3.63, 3.8) is 0 Å². The zero-order valence-corrected chi connectivity index (χ0v) is 12.5. The number of anilines is 1. The van der Waals surface area contributed by atoms with Crippen molar-refractivity contribution in [3.8, 4) is 0 Å². The number of amides is 1. The molecule has 0 aliphatic rings. The molecule has 0 atom stereocenters. The van der Waals surface area contributed by atoms with E-state index in [-0.39, 0.29) is 6.07 Å². The van der Waals surface area contributed by atoms with Gasteiger partial charge in [-0.3, -0.25) is 4.79 Å². The van der Waals surface area contributed by atoms with Gasteiger partial charge in [-0.25, -0.2) is 0 Å². The molecule has 1 aromatic carbocycles. The third kappa shape index (κ3) is 4.85. The number of alkyl halides is 6. The Balaban J connectivity index is 2.27. The van der Waals surface area contributed by atoms with E-state index in [1.54, 1.807) is 17.5 Å². The van der Waals surface area contributed by atoms with Gasteiger partial charge in [0.1, 0.15) is 0 Å². The molecule has 0 aliphatic carbocycles. The Kier molecular flexibility index (Phi) is 5.02. The van der Waals surface area contributed by atoms with Crippen LogP contribution in [0.25, 0.3) is 6.08 Å². The van der Waals surface area contributed by atoms with Crippen molar-refractivity contribution in [2.45, 2.75) is 12.4 Å². The van der Waals surface area contributed by atoms with Gasteiger partial charge < -0.3 is 5.32 Å². The highest BCUT2D eigenvalue weighted by Crippen LogP contribution is 2.37. The first-order valence-electron chi connectivity index (χ1n) is 6.38. The van der Waals surface area contributed by atoms with E-state index in [1.165, 1.54) is 17.4 Å². The monoisotopic (exact) mass is 365 g/mol. The standard InChI is InChI=1S/C15H9F6NOS/c16-14(17,18)9-6-10(15(19,20)21)8-11(7-9)22-13(23)4-3-12-2-1-5-24-12/h1-8H,(H,22,23)/b4-3-. The Hall–Kier alpha value is -2.29. The van der Waals surface area contributed by atoms with E-state index in [1.807, 2.05) is 5.32 Å². The lowest BCUT2D eigenvalue weighted by Gasteiger charge is -2.14. The minimum Gasteiger partial charge on any atom is -0.322 e. The average molecular weight is 365 g/mol. The fourth-order valence-electron chi connectivity index (χ4n) is 1.75. The molecule has 1 N–H and O–H groups in total. The number of hydrogen-bond acceptors (Lipinski definition) is 2. The Morgan fingerprint density at radius 1 is 1.00 bits per heavy atom. The zero-order chi connectivity index (χ0) is 18.0. The summed E-state index contributed by atoms with van der Waals surface area (Å²) in [5, 5.41) is 3.76. The van der Waals surface area contributed by atoms with Crippen LogP contribution in [0.3, 0.4) is 0 Å². The second-order valence-corrected chi connectivity index (χ2v) is 5.61. The SMILES string of the molecule is O=C(/C=C\c1cccs1)Nc1cc(C(F)(F)F)cc(C(F)(F)F)c1. The summed E-state index contributed by atoms with van der Waals surface area (Å²) < 4.78 is 76.3. The summed E-state index contributed by atoms with van der Waals surface area (Å²) in [4.78, 5) is 12.4. The molecule has 24 heavy (non-hydrogen) atoms. The van der Waals surface area contributed by atoms with Crippen molar-refractivity contribution in [2.24, 2.45) is 0 Å². The molecule has 1 aromatic heterocycles. The van der Waals surface area contributed by atoms with E-state index < -0.39 is 35.1 Å². The maximum Gasteiger partial charge on any atom is 0.416 e. The Bertz CT molecular complexity index is 714. The first-order valence-corrected chi connectivity index (χ1v) is 7.26. The lowest BCUT2D eigenvalue weighted by atomic mass is 10.1. The highest BCUT2D eigenvalue weighted by Gasteiger charge is 2.37. The van der Waals surface area contributed by atoms with Crippen molar-refractivity contribution in [1.29, 1.82) is 0 Å². The Labute approximate surface area is 136 Å². The quantitative estimate of drug-likeness (QED) is 0.570. The molecule has 2 rings (SSSR count). The van der Waals surface area contributed by atoms with Crippen molar-refractivity contribution < 1.29 is 31.1 Å². The number of hydrogen-bond donors (Lipinski definition) is 1. The van der Waals surface area contributed by atoms with Gasteiger partial charge in [0.05, 0.1) is 11.1 Å². The molecular formula is C15H9F6NOS. The molecule has 1 heterocycles. The number of halogens is 6. The molecule has 0 unspecified atom stereocenters. The first kappa shape index (κ1) is 18.1. The Morgan fingerprint density at radius 3 is 2.04 bits per heavy atom. The number of rotatable bonds is 3. The van der Waals surface area contributed by atoms with E-state index in [4.69, 9.17) is 0 Å². The number of carbonyl (C=O) groups excluding carboxylic acids is 1. The maximum atomic E-state index is 12.7. The first-order chi connectivity index (χ1) is 11.1. The Morgan fingerprint density at radius 2 is 1.58 bits per heavy atom. The van der Waals surface area contributed by atoms with Crippen LogP contribution in [0.1, 0.15) is 16.0 Å². The molecule has 0 saturated heterocycles. The summed E-state index contributed by atoms with van der Waals surface area (Å²) in [7, 11) is 0. The van der Waals surface area contributed by atoms with Gasteiger partial charge in [0, 0.05) is 16.6 Å². The van der Waals surface area contributed by atoms with Crippen LogP contribution in [-0.2, 0) is 17.1 Å². The van der Waals surface area contributed by atoms with Crippen molar-refractivity contribution in [2.75, 3.05) is 5.32 Å². The molecule has 9 heteroatoms. The van der Waals surface area contributed by atoms with Gasteiger partial charge in [-0.15, -0.1) is 11.3 Å². The fraction of sp³-hybridized carbons (Fsp3) is 0.133. The summed E-state index contributed by atoms with van der Waals surface area (Å²) in [5.74, 6) is -0.837. The minimum absolute atomic E-state index is 0.00283. The summed E-state index contributed by atoms with van der Waals surface area (Å²) in [6.07, 6.45) is -7.50. The fourth-order valence-corrected chi connectivity index (χ4v) is 2.37. The second-order valence-electron chi connectivity index (χ2n) is 4.63. The van der Waals surface area contributed by atoms with Crippen LogP contribution in [0.15, 0.2) is 41.8 Å². The third-order valence-corrected chi connectivity index (χ3v) is 3.63. The molecule has 0 saturated carbocycles. The lowest BCUT2D eigenvalue weighted by Crippen LogP contribution is -2.14. The summed E-state index contributed by atoms with van der Waals surface area (Å²) in [5.41, 5.74) is -3.57. The van der Waals surface area contributed by atoms with Crippen molar-refractivity contribution >= 4 is 29.0 Å². The lowest BCUT2D eigenvalue weighted by molar-refractivity contribution is -0.143. The smallest absolute Gasteiger partial charge is 0.322 e. The van der Waals surface area contributed by atoms with Gasteiger partial charge in [0.25, 0.3) is 0 Å². The van der Waals surface area contributed by atoms with Crippen LogP contribution in [0.2, 0.25) is 0 Å². The third-order valence-electron chi connectivity index (χ3n) is 2.80. The molecule has 128 valence electrons. The molecule has 2 nitrogen and oxygen atoms in total. The van der Waals surface area contributed by atoms with Crippen LogP contribution in [-0.4, -0.2) is 5.91 Å². The van der Waals surface area contributed by atoms with Crippen LogP contribution in [0.4, 0.5) is 32.0 Å². The normalized spacial score (nSPS) is 12.6. The largest absolute Gasteiger partial charge is 0.416 e. The van der Waals surface area contributed by atoms with Crippen molar-refractivity contribution in [3.05, 3.63) is 57.8 Å². The zero-order valence-electron chi connectivity index (χ0n) is 11.7. The van der Waals surface area contributed by atoms with Gasteiger partial charge in [0.15, 0.2) is 0 Å². The van der Waals surface area contributed by atoms with Gasteiger partial charge in [-0.2, -0.15) is 26.3 Å². The topological polar surface area (TPSA) is 29.1 Å². The highest BCUT2D eigenvalue weighted by molar-refractivity contribution is 7.10. The molecule has 0 aliphatic heterocycles. The summed E-state index contributed by atoms with van der Waals surface area (Å²) in [6.45, 7) is 0. The minimum atomic E-state index is -4.96. The van der Waals surface area contributed by atoms with E-state index in [9.17, 15) is 31.1 Å². The number of nitrogens with one attached hydrogen (secondary N) is 1. The molecule has 0 spiro atoms. The predicted octanol–water partition coefficient (Wildman–Crippen LogP) is 5.44. The number of benzene rings is 1. The number of thiophene rings is 1. The van der Waals surface area contributed by atoms with Gasteiger partial charge in [0.2, 0.25) is 5.91 Å². The van der Waals surface area contributed by atoms with Gasteiger partial charge in [-0.05, 0) is 35.7 Å².